The van der Waals surface area contributed by atoms with Crippen molar-refractivity contribution in [1.29, 1.82) is 0 Å². The second-order valence-corrected chi connectivity index (χ2v) is 4.19. The summed E-state index contributed by atoms with van der Waals surface area (Å²) in [6, 6.07) is 5.87. The van der Waals surface area contributed by atoms with E-state index >= 15 is 0 Å². The summed E-state index contributed by atoms with van der Waals surface area (Å²) in [4.78, 5) is 26.9. The summed E-state index contributed by atoms with van der Waals surface area (Å²) >= 11 is 0. The van der Waals surface area contributed by atoms with Gasteiger partial charge in [0.05, 0.1) is 5.56 Å². The molecule has 110 valence electrons. The van der Waals surface area contributed by atoms with Gasteiger partial charge in [0.15, 0.2) is 0 Å². The van der Waals surface area contributed by atoms with Gasteiger partial charge in [0.2, 0.25) is 5.82 Å². The molecule has 10 nitrogen and oxygen atoms in total. The van der Waals surface area contributed by atoms with Gasteiger partial charge in [-0.15, -0.1) is 15.3 Å². The quantitative estimate of drug-likeness (QED) is 0.631. The number of anilines is 1. The lowest BCUT2D eigenvalue weighted by Gasteiger charge is -2.03. The number of benzene rings is 1. The normalized spacial score (nSPS) is 10.4. The Labute approximate surface area is 122 Å². The Hall–Kier alpha value is -3.56. The number of nitrogens with one attached hydrogen (secondary N) is 2. The van der Waals surface area contributed by atoms with Crippen molar-refractivity contribution in [3.05, 3.63) is 48.3 Å². The first kappa shape index (κ1) is 13.4. The average Bonchev–Trinajstić information content (AvgIpc) is 3.18. The van der Waals surface area contributed by atoms with Gasteiger partial charge in [-0.05, 0) is 18.2 Å². The largest absolute Gasteiger partial charge is 0.478 e. The maximum absolute atomic E-state index is 12.0. The molecule has 2 aromatic heterocycles. The number of H-pyrrole nitrogens is 1. The number of hydrogen-bond donors (Lipinski definition) is 3. The molecule has 0 aliphatic rings. The SMILES string of the molecule is O=C(O)c1cccc(NC(=O)c2nc(-n3cnnc3)n[nH]2)c1. The lowest BCUT2D eigenvalue weighted by Crippen LogP contribution is -2.14. The summed E-state index contributed by atoms with van der Waals surface area (Å²) in [5.74, 6) is -1.43. The van der Waals surface area contributed by atoms with Crippen LogP contribution in [0.3, 0.4) is 0 Å². The highest BCUT2D eigenvalue weighted by Crippen LogP contribution is 2.11. The molecule has 0 fully saturated rings. The van der Waals surface area contributed by atoms with Crippen LogP contribution in [0.1, 0.15) is 21.0 Å². The number of aromatic amines is 1. The lowest BCUT2D eigenvalue weighted by atomic mass is 10.2. The van der Waals surface area contributed by atoms with Gasteiger partial charge in [0.25, 0.3) is 11.9 Å². The van der Waals surface area contributed by atoms with Crippen LogP contribution in [0.15, 0.2) is 36.9 Å². The smallest absolute Gasteiger partial charge is 0.335 e. The third-order valence-corrected chi connectivity index (χ3v) is 2.71. The monoisotopic (exact) mass is 299 g/mol. The summed E-state index contributed by atoms with van der Waals surface area (Å²) in [6.07, 6.45) is 2.78. The molecular formula is C12H9N7O3. The minimum Gasteiger partial charge on any atom is -0.478 e. The van der Waals surface area contributed by atoms with Gasteiger partial charge in [0, 0.05) is 5.69 Å². The zero-order valence-electron chi connectivity index (χ0n) is 11.0. The van der Waals surface area contributed by atoms with Crippen LogP contribution in [0.5, 0.6) is 0 Å². The Morgan fingerprint density at radius 3 is 2.73 bits per heavy atom. The van der Waals surface area contributed by atoms with Crippen LogP contribution in [0.2, 0.25) is 0 Å². The van der Waals surface area contributed by atoms with E-state index in [0.717, 1.165) is 0 Å². The van der Waals surface area contributed by atoms with E-state index in [1.54, 1.807) is 6.07 Å². The molecule has 10 heteroatoms. The molecule has 0 unspecified atom stereocenters. The Morgan fingerprint density at radius 1 is 1.23 bits per heavy atom. The molecular weight excluding hydrogens is 290 g/mol. The maximum Gasteiger partial charge on any atom is 0.335 e. The van der Waals surface area contributed by atoms with Crippen molar-refractivity contribution in [3.8, 4) is 5.95 Å². The van der Waals surface area contributed by atoms with Crippen LogP contribution in [-0.2, 0) is 0 Å². The van der Waals surface area contributed by atoms with Crippen LogP contribution >= 0.6 is 0 Å². The topological polar surface area (TPSA) is 139 Å². The number of aromatic carboxylic acids is 1. The van der Waals surface area contributed by atoms with E-state index in [1.165, 1.54) is 35.4 Å². The van der Waals surface area contributed by atoms with Crippen LogP contribution in [0.4, 0.5) is 5.69 Å². The molecule has 1 aromatic carbocycles. The molecule has 0 aliphatic carbocycles. The Bertz CT molecular complexity index is 825. The summed E-state index contributed by atoms with van der Waals surface area (Å²) in [5.41, 5.74) is 0.410. The van der Waals surface area contributed by atoms with Gasteiger partial charge >= 0.3 is 5.97 Å². The number of nitrogens with zero attached hydrogens (tertiary/aromatic N) is 5. The maximum atomic E-state index is 12.0. The minimum atomic E-state index is -1.08. The highest BCUT2D eigenvalue weighted by Gasteiger charge is 2.14. The van der Waals surface area contributed by atoms with Crippen molar-refractivity contribution in [2.75, 3.05) is 5.32 Å². The second kappa shape index (κ2) is 5.44. The van der Waals surface area contributed by atoms with Crippen LogP contribution in [0.25, 0.3) is 5.95 Å². The van der Waals surface area contributed by atoms with Crippen LogP contribution < -0.4 is 5.32 Å². The summed E-state index contributed by atoms with van der Waals surface area (Å²) < 4.78 is 1.43. The predicted octanol–water partition coefficient (Wildman–Crippen LogP) is 0.336. The molecule has 1 amide bonds. The summed E-state index contributed by atoms with van der Waals surface area (Å²) in [7, 11) is 0. The number of carbonyl (C=O) groups excluding carboxylic acids is 1. The molecule has 3 rings (SSSR count). The van der Waals surface area contributed by atoms with E-state index in [1.807, 2.05) is 0 Å². The van der Waals surface area contributed by atoms with Crippen LogP contribution in [0, 0.1) is 0 Å². The fourth-order valence-corrected chi connectivity index (χ4v) is 1.69. The summed E-state index contributed by atoms with van der Waals surface area (Å²) in [6.45, 7) is 0. The van der Waals surface area contributed by atoms with Crippen molar-refractivity contribution in [2.24, 2.45) is 0 Å². The molecule has 0 aliphatic heterocycles. The lowest BCUT2D eigenvalue weighted by molar-refractivity contribution is 0.0696. The van der Waals surface area contributed by atoms with Gasteiger partial charge in [0.1, 0.15) is 12.7 Å². The van der Waals surface area contributed by atoms with Crippen molar-refractivity contribution in [3.63, 3.8) is 0 Å². The van der Waals surface area contributed by atoms with E-state index in [9.17, 15) is 9.59 Å². The average molecular weight is 299 g/mol. The zero-order chi connectivity index (χ0) is 15.5. The number of carbonyl (C=O) groups is 2. The molecule has 3 N–H and O–H groups in total. The third kappa shape index (κ3) is 2.65. The number of amides is 1. The first-order valence-electron chi connectivity index (χ1n) is 6.05. The van der Waals surface area contributed by atoms with Gasteiger partial charge in [-0.2, -0.15) is 4.98 Å². The Morgan fingerprint density at radius 2 is 2.00 bits per heavy atom. The first-order valence-corrected chi connectivity index (χ1v) is 6.05. The predicted molar refractivity (Wildman–Crippen MR) is 72.7 cm³/mol. The fraction of sp³-hybridized carbons (Fsp3) is 0. The molecule has 0 radical (unpaired) electrons. The molecule has 0 bridgehead atoms. The van der Waals surface area contributed by atoms with E-state index in [4.69, 9.17) is 5.11 Å². The summed E-state index contributed by atoms with van der Waals surface area (Å²) in [5, 5.41) is 25.0. The van der Waals surface area contributed by atoms with E-state index in [2.05, 4.69) is 30.7 Å². The first-order chi connectivity index (χ1) is 10.6. The number of carboxylic acid groups (broad SMARTS) is 1. The molecule has 22 heavy (non-hydrogen) atoms. The number of aromatic nitrogens is 6. The molecule has 2 heterocycles. The van der Waals surface area contributed by atoms with Crippen molar-refractivity contribution < 1.29 is 14.7 Å². The Kier molecular flexibility index (Phi) is 3.32. The standard InChI is InChI=1S/C12H9N7O3/c20-10(15-8-3-1-2-7(4-8)11(21)22)9-16-12(18-17-9)19-5-13-14-6-19/h1-6H,(H,15,20)(H,21,22)(H,16,17,18). The molecule has 0 spiro atoms. The van der Waals surface area contributed by atoms with Crippen molar-refractivity contribution in [2.45, 2.75) is 0 Å². The molecule has 0 saturated carbocycles. The van der Waals surface area contributed by atoms with Gasteiger partial charge in [-0.3, -0.25) is 14.5 Å². The highest BCUT2D eigenvalue weighted by molar-refractivity contribution is 6.02. The van der Waals surface area contributed by atoms with Gasteiger partial charge in [-0.1, -0.05) is 6.07 Å². The van der Waals surface area contributed by atoms with Crippen molar-refractivity contribution >= 4 is 17.6 Å². The van der Waals surface area contributed by atoms with E-state index in [0.29, 0.717) is 5.69 Å². The molecule has 0 saturated heterocycles. The highest BCUT2D eigenvalue weighted by atomic mass is 16.4. The number of hydrogen-bond acceptors (Lipinski definition) is 6. The number of carboxylic acids is 1. The van der Waals surface area contributed by atoms with Gasteiger partial charge in [-0.25, -0.2) is 4.79 Å². The number of rotatable bonds is 4. The van der Waals surface area contributed by atoms with Crippen LogP contribution in [-0.4, -0.2) is 46.9 Å². The van der Waals surface area contributed by atoms with E-state index in [-0.39, 0.29) is 17.3 Å². The van der Waals surface area contributed by atoms with Crippen molar-refractivity contribution in [1.82, 2.24) is 29.9 Å². The third-order valence-electron chi connectivity index (χ3n) is 2.71. The zero-order valence-corrected chi connectivity index (χ0v) is 11.0. The Balaban J connectivity index is 1.77. The van der Waals surface area contributed by atoms with Gasteiger partial charge < -0.3 is 10.4 Å². The fourth-order valence-electron chi connectivity index (χ4n) is 1.69. The minimum absolute atomic E-state index is 0.0237. The molecule has 3 aromatic rings. The van der Waals surface area contributed by atoms with E-state index < -0.39 is 11.9 Å². The second-order valence-electron chi connectivity index (χ2n) is 4.19. The molecule has 0 atom stereocenters.